The van der Waals surface area contributed by atoms with Gasteiger partial charge in [-0.3, -0.25) is 4.90 Å². The highest BCUT2D eigenvalue weighted by Gasteiger charge is 2.46. The van der Waals surface area contributed by atoms with Crippen molar-refractivity contribution in [2.24, 2.45) is 0 Å². The second kappa shape index (κ2) is 9.88. The molecule has 1 amide bonds. The molecule has 0 N–H and O–H groups in total. The molecule has 0 spiro atoms. The van der Waals surface area contributed by atoms with Crippen LogP contribution in [0.4, 0.5) is 24.0 Å². The molecule has 14 heteroatoms. The lowest BCUT2D eigenvalue weighted by molar-refractivity contribution is -0.274. The number of esters is 1. The Hall–Kier alpha value is -3.55. The molecule has 2 bridgehead atoms. The van der Waals surface area contributed by atoms with Crippen molar-refractivity contribution in [3.63, 3.8) is 0 Å². The average Bonchev–Trinajstić information content (AvgIpc) is 3.56. The number of alkyl halides is 3. The SMILES string of the molecule is CCOC(=O)c1cc(-c2nccs2)c2oc(N3CC4CCC(C3)N4C(=O)OC(C)(C)C)nc2c1OC(F)(F)F. The number of hydrogen-bond donors (Lipinski definition) is 0. The van der Waals surface area contributed by atoms with Crippen LogP contribution >= 0.6 is 11.3 Å². The van der Waals surface area contributed by atoms with E-state index in [0.29, 0.717) is 18.1 Å². The first-order chi connectivity index (χ1) is 18.3. The number of hydrogen-bond acceptors (Lipinski definition) is 10. The first-order valence-electron chi connectivity index (χ1n) is 12.4. The fraction of sp³-hybridized carbons (Fsp3) is 0.520. The maximum absolute atomic E-state index is 13.5. The molecule has 1 aromatic carbocycles. The maximum Gasteiger partial charge on any atom is 0.573 e. The van der Waals surface area contributed by atoms with E-state index in [1.54, 1.807) is 42.9 Å². The van der Waals surface area contributed by atoms with Gasteiger partial charge in [-0.1, -0.05) is 0 Å². The van der Waals surface area contributed by atoms with E-state index in [0.717, 1.165) is 12.8 Å². The van der Waals surface area contributed by atoms with Crippen LogP contribution in [0.5, 0.6) is 5.75 Å². The summed E-state index contributed by atoms with van der Waals surface area (Å²) in [5.74, 6) is -1.80. The van der Waals surface area contributed by atoms with Crippen molar-refractivity contribution < 1.29 is 41.4 Å². The number of nitrogens with zero attached hydrogens (tertiary/aromatic N) is 4. The van der Waals surface area contributed by atoms with Gasteiger partial charge in [0.25, 0.3) is 6.01 Å². The highest BCUT2D eigenvalue weighted by Crippen LogP contribution is 2.43. The van der Waals surface area contributed by atoms with E-state index in [4.69, 9.17) is 13.9 Å². The number of rotatable bonds is 5. The van der Waals surface area contributed by atoms with Crippen LogP contribution in [0, 0.1) is 0 Å². The number of oxazole rings is 1. The van der Waals surface area contributed by atoms with Crippen LogP contribution < -0.4 is 9.64 Å². The second-order valence-corrected chi connectivity index (χ2v) is 11.2. The van der Waals surface area contributed by atoms with Gasteiger partial charge in [-0.25, -0.2) is 14.6 Å². The van der Waals surface area contributed by atoms with Gasteiger partial charge in [0.05, 0.1) is 24.3 Å². The molecule has 2 aliphatic rings. The number of halogens is 3. The largest absolute Gasteiger partial charge is 0.573 e. The smallest absolute Gasteiger partial charge is 0.462 e. The predicted octanol–water partition coefficient (Wildman–Crippen LogP) is 5.61. The molecule has 2 fully saturated rings. The van der Waals surface area contributed by atoms with Crippen LogP contribution in [0.3, 0.4) is 0 Å². The Bertz CT molecular complexity index is 1370. The Morgan fingerprint density at radius 1 is 1.18 bits per heavy atom. The van der Waals surface area contributed by atoms with Crippen LogP contribution in [0.15, 0.2) is 22.1 Å². The number of amides is 1. The number of ether oxygens (including phenoxy) is 3. The van der Waals surface area contributed by atoms with E-state index < -0.39 is 35.3 Å². The Balaban J connectivity index is 1.57. The molecule has 39 heavy (non-hydrogen) atoms. The molecule has 5 rings (SSSR count). The summed E-state index contributed by atoms with van der Waals surface area (Å²) in [7, 11) is 0. The van der Waals surface area contributed by atoms with Gasteiger partial charge in [0.2, 0.25) is 0 Å². The van der Waals surface area contributed by atoms with E-state index in [-0.39, 0.29) is 41.4 Å². The number of anilines is 1. The zero-order valence-electron chi connectivity index (χ0n) is 21.7. The fourth-order valence-electron chi connectivity index (χ4n) is 4.95. The van der Waals surface area contributed by atoms with Crippen molar-refractivity contribution in [2.45, 2.75) is 64.6 Å². The van der Waals surface area contributed by atoms with Crippen molar-refractivity contribution >= 4 is 40.5 Å². The van der Waals surface area contributed by atoms with E-state index >= 15 is 0 Å². The molecule has 4 heterocycles. The van der Waals surface area contributed by atoms with Gasteiger partial charge in [-0.15, -0.1) is 24.5 Å². The Morgan fingerprint density at radius 3 is 2.44 bits per heavy atom. The number of benzene rings is 1. The summed E-state index contributed by atoms with van der Waals surface area (Å²) >= 11 is 1.22. The Kier molecular flexibility index (Phi) is 6.85. The minimum Gasteiger partial charge on any atom is -0.462 e. The summed E-state index contributed by atoms with van der Waals surface area (Å²) in [6.07, 6.45) is -2.51. The van der Waals surface area contributed by atoms with Gasteiger partial charge in [0, 0.05) is 24.7 Å². The normalized spacial score (nSPS) is 19.5. The molecular weight excluding hydrogens is 541 g/mol. The van der Waals surface area contributed by atoms with E-state index in [9.17, 15) is 22.8 Å². The highest BCUT2D eigenvalue weighted by atomic mass is 32.1. The minimum absolute atomic E-state index is 0.00540. The quantitative estimate of drug-likeness (QED) is 0.363. The number of carbonyl (C=O) groups is 2. The molecule has 0 radical (unpaired) electrons. The van der Waals surface area contributed by atoms with Crippen molar-refractivity contribution in [1.82, 2.24) is 14.9 Å². The van der Waals surface area contributed by atoms with Crippen LogP contribution in [0.25, 0.3) is 21.7 Å². The Morgan fingerprint density at radius 2 is 1.87 bits per heavy atom. The molecule has 2 atom stereocenters. The molecule has 0 aliphatic carbocycles. The van der Waals surface area contributed by atoms with Crippen LogP contribution in [-0.2, 0) is 9.47 Å². The van der Waals surface area contributed by atoms with Gasteiger partial charge in [0.15, 0.2) is 16.8 Å². The van der Waals surface area contributed by atoms with Gasteiger partial charge in [-0.05, 0) is 46.6 Å². The first-order valence-corrected chi connectivity index (χ1v) is 13.3. The average molecular weight is 569 g/mol. The molecule has 2 saturated heterocycles. The predicted molar refractivity (Wildman–Crippen MR) is 135 cm³/mol. The number of carbonyl (C=O) groups excluding carboxylic acids is 2. The number of piperazine rings is 1. The van der Waals surface area contributed by atoms with E-state index in [2.05, 4.69) is 14.7 Å². The van der Waals surface area contributed by atoms with E-state index in [1.807, 2.05) is 0 Å². The van der Waals surface area contributed by atoms with Gasteiger partial charge < -0.3 is 23.5 Å². The molecule has 3 aromatic rings. The fourth-order valence-corrected chi connectivity index (χ4v) is 5.60. The van der Waals surface area contributed by atoms with Crippen LogP contribution in [0.1, 0.15) is 50.9 Å². The topological polar surface area (TPSA) is 107 Å². The van der Waals surface area contributed by atoms with E-state index in [1.165, 1.54) is 23.6 Å². The van der Waals surface area contributed by atoms with Crippen molar-refractivity contribution in [1.29, 1.82) is 0 Å². The lowest BCUT2D eigenvalue weighted by Gasteiger charge is -2.40. The third-order valence-electron chi connectivity index (χ3n) is 6.34. The summed E-state index contributed by atoms with van der Waals surface area (Å²) in [5, 5.41) is 2.11. The summed E-state index contributed by atoms with van der Waals surface area (Å²) < 4.78 is 61.4. The first kappa shape index (κ1) is 27.0. The lowest BCUT2D eigenvalue weighted by atomic mass is 10.1. The molecule has 2 aliphatic heterocycles. The number of aromatic nitrogens is 2. The third kappa shape index (κ3) is 5.47. The molecule has 0 saturated carbocycles. The monoisotopic (exact) mass is 568 g/mol. The number of fused-ring (bicyclic) bond motifs is 3. The van der Waals surface area contributed by atoms with Gasteiger partial charge in [-0.2, -0.15) is 4.98 Å². The minimum atomic E-state index is -5.10. The van der Waals surface area contributed by atoms with Crippen LogP contribution in [-0.4, -0.2) is 70.7 Å². The molecule has 2 unspecified atom stereocenters. The lowest BCUT2D eigenvalue weighted by Crippen LogP contribution is -2.56. The number of thiazole rings is 1. The summed E-state index contributed by atoms with van der Waals surface area (Å²) in [4.78, 5) is 37.7. The molecule has 10 nitrogen and oxygen atoms in total. The molecular formula is C25H27F3N4O6S. The standard InChI is InChI=1S/C25H27F3N4O6S/c1-5-35-21(33)16-10-15(20-29-8-9-39-20)18-17(19(16)37-25(26,27)28)30-22(36-18)31-11-13-6-7-14(12-31)32(13)23(34)38-24(2,3)4/h8-10,13-14H,5-7,11-12H2,1-4H3. The maximum atomic E-state index is 13.5. The third-order valence-corrected chi connectivity index (χ3v) is 7.15. The zero-order valence-corrected chi connectivity index (χ0v) is 22.5. The Labute approximate surface area is 225 Å². The molecule has 210 valence electrons. The highest BCUT2D eigenvalue weighted by molar-refractivity contribution is 7.13. The summed E-state index contributed by atoms with van der Waals surface area (Å²) in [6.45, 7) is 7.57. The summed E-state index contributed by atoms with van der Waals surface area (Å²) in [6, 6.07) is 0.900. The second-order valence-electron chi connectivity index (χ2n) is 10.3. The van der Waals surface area contributed by atoms with Crippen molar-refractivity contribution in [3.05, 3.63) is 23.2 Å². The van der Waals surface area contributed by atoms with Crippen molar-refractivity contribution in [2.75, 3.05) is 24.6 Å². The summed E-state index contributed by atoms with van der Waals surface area (Å²) in [5.41, 5.74) is -1.09. The zero-order chi connectivity index (χ0) is 28.1. The van der Waals surface area contributed by atoms with Gasteiger partial charge >= 0.3 is 18.4 Å². The van der Waals surface area contributed by atoms with Crippen LogP contribution in [0.2, 0.25) is 0 Å². The molecule has 2 aromatic heterocycles. The van der Waals surface area contributed by atoms with Crippen molar-refractivity contribution in [3.8, 4) is 16.3 Å². The van der Waals surface area contributed by atoms with Gasteiger partial charge in [0.1, 0.15) is 16.2 Å².